The molecule has 0 bridgehead atoms. The van der Waals surface area contributed by atoms with Crippen LogP contribution in [0.4, 0.5) is 5.95 Å². The predicted octanol–water partition coefficient (Wildman–Crippen LogP) is 3.27. The molecule has 1 aliphatic rings. The largest absolute Gasteiger partial charge is 0.341 e. The van der Waals surface area contributed by atoms with E-state index >= 15 is 0 Å². The minimum absolute atomic E-state index is 0.729. The van der Waals surface area contributed by atoms with Gasteiger partial charge in [0.1, 0.15) is 0 Å². The van der Waals surface area contributed by atoms with Gasteiger partial charge in [-0.2, -0.15) is 0 Å². The van der Waals surface area contributed by atoms with E-state index in [1.165, 1.54) is 19.3 Å². The number of hydrogen-bond donors (Lipinski definition) is 0. The van der Waals surface area contributed by atoms with E-state index in [2.05, 4.69) is 14.9 Å². The van der Waals surface area contributed by atoms with Crippen molar-refractivity contribution in [3.63, 3.8) is 0 Å². The molecule has 0 aliphatic carbocycles. The van der Waals surface area contributed by atoms with E-state index in [1.54, 1.807) is 0 Å². The van der Waals surface area contributed by atoms with Crippen LogP contribution >= 0.6 is 11.6 Å². The second-order valence-corrected chi connectivity index (χ2v) is 4.86. The lowest BCUT2D eigenvalue weighted by atomic mass is 10.1. The maximum atomic E-state index is 5.94. The third kappa shape index (κ3) is 2.20. The second-order valence-electron chi connectivity index (χ2n) is 4.42. The molecule has 2 heterocycles. The molecule has 0 radical (unpaired) electrons. The highest BCUT2D eigenvalue weighted by Gasteiger charge is 2.13. The van der Waals surface area contributed by atoms with Crippen LogP contribution in [0.15, 0.2) is 24.4 Å². The first kappa shape index (κ1) is 10.8. The van der Waals surface area contributed by atoms with Crippen LogP contribution < -0.4 is 4.90 Å². The Labute approximate surface area is 105 Å². The third-order valence-electron chi connectivity index (χ3n) is 3.17. The first-order chi connectivity index (χ1) is 8.33. The van der Waals surface area contributed by atoms with E-state index < -0.39 is 0 Å². The number of anilines is 1. The van der Waals surface area contributed by atoms with Crippen LogP contribution in [0, 0.1) is 0 Å². The van der Waals surface area contributed by atoms with Gasteiger partial charge in [-0.25, -0.2) is 9.97 Å². The summed E-state index contributed by atoms with van der Waals surface area (Å²) in [6, 6.07) is 5.72. The highest BCUT2D eigenvalue weighted by Crippen LogP contribution is 2.21. The van der Waals surface area contributed by atoms with Crippen LogP contribution in [0.1, 0.15) is 19.3 Å². The number of piperidine rings is 1. The molecule has 0 spiro atoms. The molecular formula is C13H14ClN3. The molecule has 0 N–H and O–H groups in total. The van der Waals surface area contributed by atoms with E-state index in [0.717, 1.165) is 35.0 Å². The Balaban J connectivity index is 1.98. The van der Waals surface area contributed by atoms with E-state index in [-0.39, 0.29) is 0 Å². The zero-order chi connectivity index (χ0) is 11.7. The van der Waals surface area contributed by atoms with Gasteiger partial charge in [0, 0.05) is 29.7 Å². The maximum absolute atomic E-state index is 5.94. The fourth-order valence-electron chi connectivity index (χ4n) is 2.24. The fraction of sp³-hybridized carbons (Fsp3) is 0.385. The van der Waals surface area contributed by atoms with Gasteiger partial charge in [0.15, 0.2) is 0 Å². The number of fused-ring (bicyclic) bond motifs is 1. The zero-order valence-electron chi connectivity index (χ0n) is 9.56. The number of benzene rings is 1. The molecule has 88 valence electrons. The molecule has 3 nitrogen and oxygen atoms in total. The van der Waals surface area contributed by atoms with Gasteiger partial charge in [-0.3, -0.25) is 0 Å². The third-order valence-corrected chi connectivity index (χ3v) is 3.40. The minimum atomic E-state index is 0.729. The van der Waals surface area contributed by atoms with Gasteiger partial charge in [0.2, 0.25) is 5.95 Å². The SMILES string of the molecule is Clc1ccc2nc(N3CCCCC3)ncc2c1. The molecule has 1 aromatic heterocycles. The molecular weight excluding hydrogens is 234 g/mol. The molecule has 2 aromatic rings. The summed E-state index contributed by atoms with van der Waals surface area (Å²) in [4.78, 5) is 11.3. The lowest BCUT2D eigenvalue weighted by molar-refractivity contribution is 0.569. The van der Waals surface area contributed by atoms with Gasteiger partial charge in [-0.1, -0.05) is 11.6 Å². The Bertz CT molecular complexity index is 535. The summed E-state index contributed by atoms with van der Waals surface area (Å²) >= 11 is 5.94. The molecule has 4 heteroatoms. The van der Waals surface area contributed by atoms with Crippen molar-refractivity contribution in [2.75, 3.05) is 18.0 Å². The van der Waals surface area contributed by atoms with Crippen LogP contribution in [0.5, 0.6) is 0 Å². The number of rotatable bonds is 1. The van der Waals surface area contributed by atoms with Crippen LogP contribution in [0.2, 0.25) is 5.02 Å². The summed E-state index contributed by atoms with van der Waals surface area (Å²) in [5.74, 6) is 0.847. The Morgan fingerprint density at radius 2 is 1.94 bits per heavy atom. The van der Waals surface area contributed by atoms with Gasteiger partial charge in [0.25, 0.3) is 0 Å². The predicted molar refractivity (Wildman–Crippen MR) is 70.6 cm³/mol. The van der Waals surface area contributed by atoms with Crippen LogP contribution in [0.25, 0.3) is 10.9 Å². The summed E-state index contributed by atoms with van der Waals surface area (Å²) in [5.41, 5.74) is 0.963. The zero-order valence-corrected chi connectivity index (χ0v) is 10.3. The highest BCUT2D eigenvalue weighted by atomic mass is 35.5. The van der Waals surface area contributed by atoms with E-state index in [0.29, 0.717) is 0 Å². The van der Waals surface area contributed by atoms with Crippen LogP contribution in [-0.4, -0.2) is 23.1 Å². The quantitative estimate of drug-likeness (QED) is 0.775. The van der Waals surface area contributed by atoms with Crippen molar-refractivity contribution in [1.82, 2.24) is 9.97 Å². The molecule has 17 heavy (non-hydrogen) atoms. The van der Waals surface area contributed by atoms with Crippen molar-refractivity contribution in [1.29, 1.82) is 0 Å². The monoisotopic (exact) mass is 247 g/mol. The van der Waals surface area contributed by atoms with E-state index in [4.69, 9.17) is 11.6 Å². The van der Waals surface area contributed by atoms with Gasteiger partial charge in [0.05, 0.1) is 5.52 Å². The lowest BCUT2D eigenvalue weighted by Gasteiger charge is -2.26. The van der Waals surface area contributed by atoms with Crippen molar-refractivity contribution in [3.8, 4) is 0 Å². The Morgan fingerprint density at radius 1 is 1.12 bits per heavy atom. The number of halogens is 1. The van der Waals surface area contributed by atoms with Gasteiger partial charge >= 0.3 is 0 Å². The molecule has 1 fully saturated rings. The summed E-state index contributed by atoms with van der Waals surface area (Å²) in [5, 5.41) is 1.73. The van der Waals surface area contributed by atoms with Crippen molar-refractivity contribution in [3.05, 3.63) is 29.4 Å². The first-order valence-electron chi connectivity index (χ1n) is 6.00. The summed E-state index contributed by atoms with van der Waals surface area (Å²) < 4.78 is 0. The normalized spacial score (nSPS) is 16.4. The Hall–Kier alpha value is -1.35. The summed E-state index contributed by atoms with van der Waals surface area (Å²) in [6.45, 7) is 2.14. The van der Waals surface area contributed by atoms with Gasteiger partial charge in [-0.05, 0) is 37.5 Å². The molecule has 0 unspecified atom stereocenters. The number of hydrogen-bond acceptors (Lipinski definition) is 3. The van der Waals surface area contributed by atoms with Crippen molar-refractivity contribution < 1.29 is 0 Å². The average molecular weight is 248 g/mol. The maximum Gasteiger partial charge on any atom is 0.225 e. The lowest BCUT2D eigenvalue weighted by Crippen LogP contribution is -2.30. The van der Waals surface area contributed by atoms with Crippen LogP contribution in [0.3, 0.4) is 0 Å². The minimum Gasteiger partial charge on any atom is -0.341 e. The Morgan fingerprint density at radius 3 is 2.76 bits per heavy atom. The smallest absolute Gasteiger partial charge is 0.225 e. The topological polar surface area (TPSA) is 29.0 Å². The first-order valence-corrected chi connectivity index (χ1v) is 6.38. The summed E-state index contributed by atoms with van der Waals surface area (Å²) in [6.07, 6.45) is 5.65. The van der Waals surface area contributed by atoms with Gasteiger partial charge in [-0.15, -0.1) is 0 Å². The molecule has 3 rings (SSSR count). The molecule has 0 amide bonds. The fourth-order valence-corrected chi connectivity index (χ4v) is 2.42. The van der Waals surface area contributed by atoms with Crippen LogP contribution in [-0.2, 0) is 0 Å². The Kier molecular flexibility index (Phi) is 2.85. The highest BCUT2D eigenvalue weighted by molar-refractivity contribution is 6.31. The molecule has 0 atom stereocenters. The standard InChI is InChI=1S/C13H14ClN3/c14-11-4-5-12-10(8-11)9-15-13(16-12)17-6-2-1-3-7-17/h4-5,8-9H,1-3,6-7H2. The van der Waals surface area contributed by atoms with Gasteiger partial charge < -0.3 is 4.90 Å². The van der Waals surface area contributed by atoms with Crippen molar-refractivity contribution in [2.45, 2.75) is 19.3 Å². The van der Waals surface area contributed by atoms with Crippen molar-refractivity contribution in [2.24, 2.45) is 0 Å². The van der Waals surface area contributed by atoms with E-state index in [1.807, 2.05) is 24.4 Å². The molecule has 0 saturated carbocycles. The second kappa shape index (κ2) is 4.49. The molecule has 1 aromatic carbocycles. The molecule has 1 saturated heterocycles. The van der Waals surface area contributed by atoms with E-state index in [9.17, 15) is 0 Å². The average Bonchev–Trinajstić information content (AvgIpc) is 2.39. The molecule has 1 aliphatic heterocycles. The number of aromatic nitrogens is 2. The van der Waals surface area contributed by atoms with Crippen molar-refractivity contribution >= 4 is 28.5 Å². The summed E-state index contributed by atoms with van der Waals surface area (Å²) in [7, 11) is 0. The number of nitrogens with zero attached hydrogens (tertiary/aromatic N) is 3.